The van der Waals surface area contributed by atoms with Crippen LogP contribution in [0.1, 0.15) is 97.3 Å². The Hall–Kier alpha value is -1.12. The molecule has 0 saturated heterocycles. The van der Waals surface area contributed by atoms with Crippen molar-refractivity contribution in [3.8, 4) is 0 Å². The summed E-state index contributed by atoms with van der Waals surface area (Å²) in [5, 5.41) is 0. The fourth-order valence-corrected chi connectivity index (χ4v) is 2.56. The van der Waals surface area contributed by atoms with E-state index in [1.54, 1.807) is 13.0 Å². The average molecular weight is 325 g/mol. The Morgan fingerprint density at radius 2 is 1.22 bits per heavy atom. The van der Waals surface area contributed by atoms with E-state index in [2.05, 4.69) is 11.7 Å². The highest BCUT2D eigenvalue weighted by molar-refractivity contribution is 6.38. The van der Waals surface area contributed by atoms with Crippen LogP contribution in [0, 0.1) is 0 Å². The number of ketones is 1. The standard InChI is InChI=1S/C20H36O3/c1-3-5-6-7-8-9-10-11-12-13-14-15-16-17-18-19(21)20(22)23-4-2/h17-18H,3-16H2,1-2H3. The molecule has 0 fully saturated rings. The number of hydrogen-bond donors (Lipinski definition) is 0. The van der Waals surface area contributed by atoms with Crippen LogP contribution >= 0.6 is 0 Å². The SMILES string of the molecule is CCCCCCCCCCCCCCC=CC(=O)C(=O)OCC. The van der Waals surface area contributed by atoms with E-state index in [0.29, 0.717) is 0 Å². The molecular formula is C20H36O3. The van der Waals surface area contributed by atoms with Crippen LogP contribution in [0.15, 0.2) is 12.2 Å². The largest absolute Gasteiger partial charge is 0.460 e. The van der Waals surface area contributed by atoms with Crippen LogP contribution < -0.4 is 0 Å². The van der Waals surface area contributed by atoms with Gasteiger partial charge in [0.2, 0.25) is 0 Å². The summed E-state index contributed by atoms with van der Waals surface area (Å²) in [5.41, 5.74) is 0. The molecule has 0 aromatic rings. The van der Waals surface area contributed by atoms with Crippen LogP contribution in [0.4, 0.5) is 0 Å². The second-order valence-corrected chi connectivity index (χ2v) is 6.16. The van der Waals surface area contributed by atoms with Gasteiger partial charge in [-0.05, 0) is 25.8 Å². The third kappa shape index (κ3) is 15.5. The van der Waals surface area contributed by atoms with Crippen LogP contribution in [-0.4, -0.2) is 18.4 Å². The van der Waals surface area contributed by atoms with E-state index >= 15 is 0 Å². The fourth-order valence-electron chi connectivity index (χ4n) is 2.56. The predicted molar refractivity (Wildman–Crippen MR) is 96.5 cm³/mol. The lowest BCUT2D eigenvalue weighted by Gasteiger charge is -2.02. The van der Waals surface area contributed by atoms with Gasteiger partial charge in [0.05, 0.1) is 6.61 Å². The molecular weight excluding hydrogens is 288 g/mol. The highest BCUT2D eigenvalue weighted by Crippen LogP contribution is 2.12. The third-order valence-electron chi connectivity index (χ3n) is 3.97. The molecule has 0 aliphatic rings. The molecule has 0 saturated carbocycles. The monoisotopic (exact) mass is 324 g/mol. The summed E-state index contributed by atoms with van der Waals surface area (Å²) in [6, 6.07) is 0. The Kier molecular flexibility index (Phi) is 16.4. The first-order valence-corrected chi connectivity index (χ1v) is 9.60. The topological polar surface area (TPSA) is 43.4 Å². The van der Waals surface area contributed by atoms with Crippen molar-refractivity contribution in [2.45, 2.75) is 97.3 Å². The molecule has 0 atom stereocenters. The van der Waals surface area contributed by atoms with E-state index < -0.39 is 11.8 Å². The maximum absolute atomic E-state index is 11.3. The van der Waals surface area contributed by atoms with Gasteiger partial charge in [-0.15, -0.1) is 0 Å². The lowest BCUT2D eigenvalue weighted by molar-refractivity contribution is -0.151. The van der Waals surface area contributed by atoms with Crippen molar-refractivity contribution >= 4 is 11.8 Å². The van der Waals surface area contributed by atoms with E-state index in [1.807, 2.05) is 0 Å². The Morgan fingerprint density at radius 1 is 0.739 bits per heavy atom. The van der Waals surface area contributed by atoms with Gasteiger partial charge in [-0.1, -0.05) is 83.6 Å². The summed E-state index contributed by atoms with van der Waals surface area (Å²) in [7, 11) is 0. The number of carbonyl (C=O) groups excluding carboxylic acids is 2. The van der Waals surface area contributed by atoms with E-state index in [0.717, 1.165) is 12.8 Å². The second-order valence-electron chi connectivity index (χ2n) is 6.16. The van der Waals surface area contributed by atoms with Crippen molar-refractivity contribution in [3.63, 3.8) is 0 Å². The summed E-state index contributed by atoms with van der Waals surface area (Å²) in [6.07, 6.45) is 19.9. The highest BCUT2D eigenvalue weighted by atomic mass is 16.5. The maximum Gasteiger partial charge on any atom is 0.378 e. The first kappa shape index (κ1) is 21.9. The summed E-state index contributed by atoms with van der Waals surface area (Å²) < 4.78 is 4.63. The molecule has 3 nitrogen and oxygen atoms in total. The molecule has 0 aliphatic heterocycles. The summed E-state index contributed by atoms with van der Waals surface area (Å²) in [5.74, 6) is -1.30. The lowest BCUT2D eigenvalue weighted by Crippen LogP contribution is -2.14. The van der Waals surface area contributed by atoms with Crippen molar-refractivity contribution in [1.29, 1.82) is 0 Å². The minimum absolute atomic E-state index is 0.247. The van der Waals surface area contributed by atoms with Gasteiger partial charge in [0, 0.05) is 0 Å². The highest BCUT2D eigenvalue weighted by Gasteiger charge is 2.09. The predicted octanol–water partition coefficient (Wildman–Crippen LogP) is 5.77. The molecule has 0 aromatic heterocycles. The third-order valence-corrected chi connectivity index (χ3v) is 3.97. The van der Waals surface area contributed by atoms with Gasteiger partial charge < -0.3 is 4.74 Å². The molecule has 0 aliphatic carbocycles. The molecule has 0 spiro atoms. The number of ether oxygens (including phenoxy) is 1. The maximum atomic E-state index is 11.3. The summed E-state index contributed by atoms with van der Waals surface area (Å²) in [4.78, 5) is 22.4. The van der Waals surface area contributed by atoms with Gasteiger partial charge in [-0.25, -0.2) is 4.79 Å². The molecule has 0 heterocycles. The van der Waals surface area contributed by atoms with E-state index in [9.17, 15) is 9.59 Å². The van der Waals surface area contributed by atoms with Crippen LogP contribution in [0.5, 0.6) is 0 Å². The number of hydrogen-bond acceptors (Lipinski definition) is 3. The Morgan fingerprint density at radius 3 is 1.70 bits per heavy atom. The van der Waals surface area contributed by atoms with Crippen molar-refractivity contribution in [3.05, 3.63) is 12.2 Å². The summed E-state index contributed by atoms with van der Waals surface area (Å²) >= 11 is 0. The molecule has 0 aromatic carbocycles. The fraction of sp³-hybridized carbons (Fsp3) is 0.800. The lowest BCUT2D eigenvalue weighted by atomic mass is 10.0. The Labute approximate surface area is 142 Å². The quantitative estimate of drug-likeness (QED) is 0.157. The Balaban J connectivity index is 3.27. The zero-order valence-corrected chi connectivity index (χ0v) is 15.3. The van der Waals surface area contributed by atoms with Crippen molar-refractivity contribution in [2.24, 2.45) is 0 Å². The minimum Gasteiger partial charge on any atom is -0.460 e. The van der Waals surface area contributed by atoms with E-state index in [4.69, 9.17) is 0 Å². The zero-order chi connectivity index (χ0) is 17.2. The average Bonchev–Trinajstić information content (AvgIpc) is 2.55. The van der Waals surface area contributed by atoms with Crippen LogP contribution in [0.3, 0.4) is 0 Å². The number of allylic oxidation sites excluding steroid dienone is 1. The first-order chi connectivity index (χ1) is 11.2. The molecule has 0 bridgehead atoms. The normalized spacial score (nSPS) is 11.0. The van der Waals surface area contributed by atoms with Gasteiger partial charge in [0.1, 0.15) is 0 Å². The van der Waals surface area contributed by atoms with Crippen LogP contribution in [0.2, 0.25) is 0 Å². The van der Waals surface area contributed by atoms with Crippen molar-refractivity contribution in [2.75, 3.05) is 6.61 Å². The summed E-state index contributed by atoms with van der Waals surface area (Å²) in [6.45, 7) is 4.20. The van der Waals surface area contributed by atoms with Gasteiger partial charge in [-0.2, -0.15) is 0 Å². The number of carbonyl (C=O) groups is 2. The minimum atomic E-state index is -0.751. The molecule has 0 N–H and O–H groups in total. The number of esters is 1. The van der Waals surface area contributed by atoms with Crippen molar-refractivity contribution < 1.29 is 14.3 Å². The van der Waals surface area contributed by atoms with E-state index in [1.165, 1.54) is 76.7 Å². The molecule has 0 amide bonds. The van der Waals surface area contributed by atoms with Crippen LogP contribution in [-0.2, 0) is 14.3 Å². The first-order valence-electron chi connectivity index (χ1n) is 9.60. The Bertz CT molecular complexity index is 321. The zero-order valence-electron chi connectivity index (χ0n) is 15.3. The van der Waals surface area contributed by atoms with Crippen molar-refractivity contribution in [1.82, 2.24) is 0 Å². The molecule has 0 unspecified atom stereocenters. The van der Waals surface area contributed by atoms with Gasteiger partial charge in [0.25, 0.3) is 5.78 Å². The van der Waals surface area contributed by atoms with E-state index in [-0.39, 0.29) is 6.61 Å². The van der Waals surface area contributed by atoms with Gasteiger partial charge in [-0.3, -0.25) is 4.79 Å². The molecule has 134 valence electrons. The van der Waals surface area contributed by atoms with Gasteiger partial charge in [0.15, 0.2) is 0 Å². The number of unbranched alkanes of at least 4 members (excludes halogenated alkanes) is 12. The molecule has 3 heteroatoms. The van der Waals surface area contributed by atoms with Crippen LogP contribution in [0.25, 0.3) is 0 Å². The number of rotatable bonds is 16. The van der Waals surface area contributed by atoms with Gasteiger partial charge >= 0.3 is 5.97 Å². The molecule has 0 radical (unpaired) electrons. The smallest absolute Gasteiger partial charge is 0.378 e. The molecule has 23 heavy (non-hydrogen) atoms. The second kappa shape index (κ2) is 17.2. The molecule has 0 rings (SSSR count).